The number of rotatable bonds is 2. The molecule has 90 valence electrons. The van der Waals surface area contributed by atoms with E-state index in [-0.39, 0.29) is 16.5 Å². The lowest BCUT2D eigenvalue weighted by Crippen LogP contribution is -2.08. The fourth-order valence-electron chi connectivity index (χ4n) is 1.19. The SMILES string of the molecule is CC#CCC(=O)c1ccc(Br)c(C(F)(F)F)c1. The summed E-state index contributed by atoms with van der Waals surface area (Å²) in [7, 11) is 0. The van der Waals surface area contributed by atoms with Crippen LogP contribution >= 0.6 is 15.9 Å². The maximum atomic E-state index is 12.6. The van der Waals surface area contributed by atoms with Crippen LogP contribution in [-0.4, -0.2) is 5.78 Å². The molecule has 1 rings (SSSR count). The Morgan fingerprint density at radius 3 is 2.59 bits per heavy atom. The number of benzene rings is 1. The second-order valence-electron chi connectivity index (χ2n) is 3.22. The van der Waals surface area contributed by atoms with E-state index in [1.54, 1.807) is 6.92 Å². The predicted molar refractivity (Wildman–Crippen MR) is 61.5 cm³/mol. The number of hydrogen-bond acceptors (Lipinski definition) is 1. The van der Waals surface area contributed by atoms with Crippen LogP contribution in [0.2, 0.25) is 0 Å². The molecule has 17 heavy (non-hydrogen) atoms. The highest BCUT2D eigenvalue weighted by Crippen LogP contribution is 2.35. The molecule has 1 aromatic carbocycles. The van der Waals surface area contributed by atoms with Crippen LogP contribution in [0.4, 0.5) is 13.2 Å². The third-order valence-electron chi connectivity index (χ3n) is 2.02. The number of hydrogen-bond donors (Lipinski definition) is 0. The van der Waals surface area contributed by atoms with Crippen LogP contribution in [-0.2, 0) is 6.18 Å². The van der Waals surface area contributed by atoms with Crippen LogP contribution in [0.15, 0.2) is 22.7 Å². The molecule has 0 aromatic heterocycles. The molecule has 0 aliphatic heterocycles. The van der Waals surface area contributed by atoms with E-state index in [0.717, 1.165) is 6.07 Å². The first-order valence-electron chi connectivity index (χ1n) is 4.66. The molecule has 0 aliphatic carbocycles. The molecule has 0 saturated carbocycles. The highest BCUT2D eigenvalue weighted by Gasteiger charge is 2.33. The topological polar surface area (TPSA) is 17.1 Å². The van der Waals surface area contributed by atoms with Gasteiger partial charge in [-0.1, -0.05) is 27.9 Å². The van der Waals surface area contributed by atoms with Gasteiger partial charge in [-0.25, -0.2) is 0 Å². The molecule has 0 atom stereocenters. The van der Waals surface area contributed by atoms with Gasteiger partial charge in [-0.3, -0.25) is 4.79 Å². The van der Waals surface area contributed by atoms with Gasteiger partial charge < -0.3 is 0 Å². The Labute approximate surface area is 105 Å². The first-order chi connectivity index (χ1) is 7.86. The summed E-state index contributed by atoms with van der Waals surface area (Å²) in [5.74, 6) is 4.63. The van der Waals surface area contributed by atoms with Crippen molar-refractivity contribution < 1.29 is 18.0 Å². The van der Waals surface area contributed by atoms with Gasteiger partial charge in [0.2, 0.25) is 0 Å². The fourth-order valence-corrected chi connectivity index (χ4v) is 1.66. The van der Waals surface area contributed by atoms with Crippen LogP contribution in [0.3, 0.4) is 0 Å². The minimum absolute atomic E-state index is 0.0169. The molecule has 0 heterocycles. The number of carbonyl (C=O) groups is 1. The second kappa shape index (κ2) is 5.37. The van der Waals surface area contributed by atoms with Gasteiger partial charge in [0.15, 0.2) is 5.78 Å². The zero-order valence-electron chi connectivity index (χ0n) is 8.86. The van der Waals surface area contributed by atoms with E-state index in [4.69, 9.17) is 0 Å². The van der Waals surface area contributed by atoms with Crippen LogP contribution in [0, 0.1) is 11.8 Å². The molecule has 0 aliphatic rings. The molecule has 0 radical (unpaired) electrons. The van der Waals surface area contributed by atoms with Crippen molar-refractivity contribution >= 4 is 21.7 Å². The molecule has 0 spiro atoms. The van der Waals surface area contributed by atoms with Crippen molar-refractivity contribution in [1.29, 1.82) is 0 Å². The van der Waals surface area contributed by atoms with E-state index in [1.165, 1.54) is 12.1 Å². The lowest BCUT2D eigenvalue weighted by atomic mass is 10.1. The number of carbonyl (C=O) groups excluding carboxylic acids is 1. The Balaban J connectivity index is 3.11. The quantitative estimate of drug-likeness (QED) is 0.595. The van der Waals surface area contributed by atoms with Gasteiger partial charge in [-0.15, -0.1) is 5.92 Å². The fraction of sp³-hybridized carbons (Fsp3) is 0.250. The summed E-state index contributed by atoms with van der Waals surface area (Å²) in [6.45, 7) is 1.57. The van der Waals surface area contributed by atoms with Crippen molar-refractivity contribution in [2.24, 2.45) is 0 Å². The van der Waals surface area contributed by atoms with Crippen molar-refractivity contribution in [2.75, 3.05) is 0 Å². The van der Waals surface area contributed by atoms with Crippen molar-refractivity contribution in [1.82, 2.24) is 0 Å². The summed E-state index contributed by atoms with van der Waals surface area (Å²) in [6, 6.07) is 3.40. The zero-order chi connectivity index (χ0) is 13.1. The standard InChI is InChI=1S/C12H8BrF3O/c1-2-3-4-11(17)8-5-6-10(13)9(7-8)12(14,15)16/h5-7H,4H2,1H3. The highest BCUT2D eigenvalue weighted by atomic mass is 79.9. The van der Waals surface area contributed by atoms with Crippen molar-refractivity contribution in [2.45, 2.75) is 19.5 Å². The van der Waals surface area contributed by atoms with Gasteiger partial charge in [0, 0.05) is 10.0 Å². The monoisotopic (exact) mass is 304 g/mol. The molecule has 0 N–H and O–H groups in total. The number of halogens is 4. The summed E-state index contributed by atoms with van der Waals surface area (Å²) in [4.78, 5) is 11.5. The maximum Gasteiger partial charge on any atom is 0.417 e. The van der Waals surface area contributed by atoms with Crippen molar-refractivity contribution in [3.63, 3.8) is 0 Å². The molecule has 0 bridgehead atoms. The summed E-state index contributed by atoms with van der Waals surface area (Å²) >= 11 is 2.81. The van der Waals surface area contributed by atoms with E-state index >= 15 is 0 Å². The number of alkyl halides is 3. The first-order valence-corrected chi connectivity index (χ1v) is 5.45. The number of ketones is 1. The molecule has 0 unspecified atom stereocenters. The van der Waals surface area contributed by atoms with E-state index in [0.29, 0.717) is 0 Å². The Morgan fingerprint density at radius 2 is 2.06 bits per heavy atom. The highest BCUT2D eigenvalue weighted by molar-refractivity contribution is 9.10. The van der Waals surface area contributed by atoms with Crippen molar-refractivity contribution in [3.8, 4) is 11.8 Å². The average molecular weight is 305 g/mol. The Hall–Kier alpha value is -1.28. The zero-order valence-corrected chi connectivity index (χ0v) is 10.4. The summed E-state index contributed by atoms with van der Waals surface area (Å²) < 4.78 is 37.6. The maximum absolute atomic E-state index is 12.6. The minimum atomic E-state index is -4.48. The molecule has 1 nitrogen and oxygen atoms in total. The van der Waals surface area contributed by atoms with Crippen LogP contribution in [0.5, 0.6) is 0 Å². The normalized spacial score (nSPS) is 10.6. The van der Waals surface area contributed by atoms with E-state index < -0.39 is 17.5 Å². The molecule has 1 aromatic rings. The predicted octanol–water partition coefficient (Wildman–Crippen LogP) is 4.06. The molecule has 0 saturated heterocycles. The van der Waals surface area contributed by atoms with E-state index in [2.05, 4.69) is 27.8 Å². The van der Waals surface area contributed by atoms with Crippen LogP contribution < -0.4 is 0 Å². The van der Waals surface area contributed by atoms with Gasteiger partial charge in [-0.2, -0.15) is 13.2 Å². The van der Waals surface area contributed by atoms with Crippen LogP contribution in [0.25, 0.3) is 0 Å². The van der Waals surface area contributed by atoms with Gasteiger partial charge in [-0.05, 0) is 19.1 Å². The smallest absolute Gasteiger partial charge is 0.293 e. The molecular formula is C12H8BrF3O. The van der Waals surface area contributed by atoms with E-state index in [1.807, 2.05) is 0 Å². The lowest BCUT2D eigenvalue weighted by Gasteiger charge is -2.10. The first kappa shape index (κ1) is 13.8. The third-order valence-corrected chi connectivity index (χ3v) is 2.71. The van der Waals surface area contributed by atoms with Crippen LogP contribution in [0.1, 0.15) is 29.3 Å². The number of Topliss-reactive ketones (excluding diaryl/α,β-unsaturated/α-hetero) is 1. The third kappa shape index (κ3) is 3.60. The lowest BCUT2D eigenvalue weighted by molar-refractivity contribution is -0.138. The molecule has 0 amide bonds. The van der Waals surface area contributed by atoms with Gasteiger partial charge in [0.1, 0.15) is 0 Å². The molecular weight excluding hydrogens is 297 g/mol. The summed E-state index contributed by atoms with van der Waals surface area (Å²) in [5.41, 5.74) is -0.837. The largest absolute Gasteiger partial charge is 0.417 e. The summed E-state index contributed by atoms with van der Waals surface area (Å²) in [5, 5.41) is 0. The van der Waals surface area contributed by atoms with Crippen molar-refractivity contribution in [3.05, 3.63) is 33.8 Å². The Kier molecular flexibility index (Phi) is 4.35. The van der Waals surface area contributed by atoms with Gasteiger partial charge in [0.25, 0.3) is 0 Å². The summed E-state index contributed by atoms with van der Waals surface area (Å²) in [6.07, 6.45) is -4.55. The van der Waals surface area contributed by atoms with Gasteiger partial charge in [0.05, 0.1) is 12.0 Å². The Morgan fingerprint density at radius 1 is 1.41 bits per heavy atom. The molecule has 0 fully saturated rings. The second-order valence-corrected chi connectivity index (χ2v) is 4.07. The molecule has 5 heteroatoms. The minimum Gasteiger partial charge on any atom is -0.293 e. The van der Waals surface area contributed by atoms with E-state index in [9.17, 15) is 18.0 Å². The van der Waals surface area contributed by atoms with Gasteiger partial charge >= 0.3 is 6.18 Å². The Bertz CT molecular complexity index is 495. The average Bonchev–Trinajstić information content (AvgIpc) is 2.25.